The Kier molecular flexibility index (Phi) is 4.79. The number of nitrogens with one attached hydrogen (secondary N) is 1. The van der Waals surface area contributed by atoms with Gasteiger partial charge in [-0.3, -0.25) is 10.1 Å². The molecule has 1 saturated heterocycles. The number of hydrogen-bond acceptors (Lipinski definition) is 4. The fraction of sp³-hybridized carbons (Fsp3) is 0.389. The second-order valence-corrected chi connectivity index (χ2v) is 5.88. The molecule has 5 heteroatoms. The van der Waals surface area contributed by atoms with Crippen LogP contribution in [0.25, 0.3) is 0 Å². The number of amides is 1. The van der Waals surface area contributed by atoms with Crippen LogP contribution in [0.4, 0.5) is 5.69 Å². The summed E-state index contributed by atoms with van der Waals surface area (Å²) in [6.07, 6.45) is 3.15. The van der Waals surface area contributed by atoms with Crippen LogP contribution in [0, 0.1) is 0 Å². The molecule has 2 N–H and O–H groups in total. The summed E-state index contributed by atoms with van der Waals surface area (Å²) in [6.45, 7) is 2.79. The first-order valence-corrected chi connectivity index (χ1v) is 7.99. The van der Waals surface area contributed by atoms with E-state index in [0.29, 0.717) is 12.2 Å². The molecule has 2 atom stereocenters. The molecule has 0 radical (unpaired) electrons. The van der Waals surface area contributed by atoms with Gasteiger partial charge in [-0.15, -0.1) is 0 Å². The maximum Gasteiger partial charge on any atom is 0.227 e. The minimum Gasteiger partial charge on any atom is -0.468 e. The van der Waals surface area contributed by atoms with Crippen molar-refractivity contribution in [1.82, 2.24) is 5.32 Å². The summed E-state index contributed by atoms with van der Waals surface area (Å²) in [4.78, 5) is 13.7. The highest BCUT2D eigenvalue weighted by Crippen LogP contribution is 2.26. The highest BCUT2D eigenvalue weighted by molar-refractivity contribution is 5.95. The van der Waals surface area contributed by atoms with Gasteiger partial charge in [-0.1, -0.05) is 12.1 Å². The molecule has 1 aromatic carbocycles. The third-order valence-electron chi connectivity index (χ3n) is 4.28. The highest BCUT2D eigenvalue weighted by atomic mass is 16.3. The standard InChI is InChI=1S/C18H22N2O3/c1-13(19-16(12-21)17-7-4-10-23-17)14-5-2-6-15(11-14)20-9-3-8-18(20)22/h2,4-7,10-11,13,16,19,21H,3,8-9,12H2,1H3. The molecule has 2 unspecified atom stereocenters. The first kappa shape index (κ1) is 15.8. The minimum atomic E-state index is -0.253. The van der Waals surface area contributed by atoms with Gasteiger partial charge in [0.2, 0.25) is 5.91 Å². The largest absolute Gasteiger partial charge is 0.468 e. The molecule has 1 aliphatic heterocycles. The number of aliphatic hydroxyl groups excluding tert-OH is 1. The summed E-state index contributed by atoms with van der Waals surface area (Å²) >= 11 is 0. The SMILES string of the molecule is CC(NC(CO)c1ccco1)c1cccc(N2CCCC2=O)c1. The van der Waals surface area contributed by atoms with Gasteiger partial charge in [-0.25, -0.2) is 0 Å². The van der Waals surface area contributed by atoms with E-state index in [0.717, 1.165) is 24.2 Å². The maximum absolute atomic E-state index is 11.9. The van der Waals surface area contributed by atoms with Crippen molar-refractivity contribution in [1.29, 1.82) is 0 Å². The lowest BCUT2D eigenvalue weighted by Gasteiger charge is -2.22. The van der Waals surface area contributed by atoms with Gasteiger partial charge in [0.15, 0.2) is 0 Å². The van der Waals surface area contributed by atoms with Crippen molar-refractivity contribution >= 4 is 11.6 Å². The molecule has 1 aromatic heterocycles. The highest BCUT2D eigenvalue weighted by Gasteiger charge is 2.23. The second-order valence-electron chi connectivity index (χ2n) is 5.88. The van der Waals surface area contributed by atoms with Crippen LogP contribution < -0.4 is 10.2 Å². The Morgan fingerprint density at radius 3 is 2.87 bits per heavy atom. The van der Waals surface area contributed by atoms with E-state index in [2.05, 4.69) is 5.32 Å². The van der Waals surface area contributed by atoms with Crippen LogP contribution >= 0.6 is 0 Å². The Balaban J connectivity index is 1.74. The van der Waals surface area contributed by atoms with E-state index < -0.39 is 0 Å². The molecule has 1 amide bonds. The zero-order valence-electron chi connectivity index (χ0n) is 13.2. The third kappa shape index (κ3) is 3.46. The van der Waals surface area contributed by atoms with Gasteiger partial charge in [0.1, 0.15) is 5.76 Å². The summed E-state index contributed by atoms with van der Waals surface area (Å²) in [7, 11) is 0. The molecule has 1 aliphatic rings. The Morgan fingerprint density at radius 2 is 2.22 bits per heavy atom. The summed E-state index contributed by atoms with van der Waals surface area (Å²) in [6, 6.07) is 11.4. The maximum atomic E-state index is 11.9. The van der Waals surface area contributed by atoms with Gasteiger partial charge in [0.05, 0.1) is 18.9 Å². The lowest BCUT2D eigenvalue weighted by molar-refractivity contribution is -0.117. The van der Waals surface area contributed by atoms with Crippen LogP contribution in [0.1, 0.15) is 43.2 Å². The number of aliphatic hydroxyl groups is 1. The van der Waals surface area contributed by atoms with Gasteiger partial charge in [-0.05, 0) is 43.2 Å². The number of anilines is 1. The van der Waals surface area contributed by atoms with E-state index in [4.69, 9.17) is 4.42 Å². The molecule has 1 fully saturated rings. The molecule has 2 heterocycles. The van der Waals surface area contributed by atoms with Crippen molar-refractivity contribution in [3.63, 3.8) is 0 Å². The van der Waals surface area contributed by atoms with Gasteiger partial charge < -0.3 is 14.4 Å². The Bertz CT molecular complexity index is 654. The fourth-order valence-corrected chi connectivity index (χ4v) is 3.00. The second kappa shape index (κ2) is 6.98. The topological polar surface area (TPSA) is 65.7 Å². The van der Waals surface area contributed by atoms with E-state index >= 15 is 0 Å². The first-order chi connectivity index (χ1) is 11.2. The van der Waals surface area contributed by atoms with Crippen molar-refractivity contribution in [2.75, 3.05) is 18.1 Å². The summed E-state index contributed by atoms with van der Waals surface area (Å²) in [5.74, 6) is 0.900. The first-order valence-electron chi connectivity index (χ1n) is 7.99. The van der Waals surface area contributed by atoms with Crippen molar-refractivity contribution < 1.29 is 14.3 Å². The van der Waals surface area contributed by atoms with E-state index in [1.165, 1.54) is 0 Å². The molecular weight excluding hydrogens is 292 g/mol. The van der Waals surface area contributed by atoms with Crippen molar-refractivity contribution in [3.8, 4) is 0 Å². The third-order valence-corrected chi connectivity index (χ3v) is 4.28. The predicted molar refractivity (Wildman–Crippen MR) is 88.1 cm³/mol. The smallest absolute Gasteiger partial charge is 0.227 e. The van der Waals surface area contributed by atoms with Crippen molar-refractivity contribution in [3.05, 3.63) is 54.0 Å². The van der Waals surface area contributed by atoms with Gasteiger partial charge >= 0.3 is 0 Å². The van der Waals surface area contributed by atoms with Crippen LogP contribution in [-0.2, 0) is 4.79 Å². The van der Waals surface area contributed by atoms with E-state index in [9.17, 15) is 9.90 Å². The van der Waals surface area contributed by atoms with Crippen LogP contribution in [0.2, 0.25) is 0 Å². The molecule has 0 spiro atoms. The van der Waals surface area contributed by atoms with Gasteiger partial charge in [0.25, 0.3) is 0 Å². The summed E-state index contributed by atoms with van der Waals surface area (Å²) in [5, 5.41) is 12.9. The Morgan fingerprint density at radius 1 is 1.35 bits per heavy atom. The van der Waals surface area contributed by atoms with E-state index in [-0.39, 0.29) is 24.6 Å². The Hall–Kier alpha value is -2.11. The number of furan rings is 1. The van der Waals surface area contributed by atoms with Gasteiger partial charge in [-0.2, -0.15) is 0 Å². The fourth-order valence-electron chi connectivity index (χ4n) is 3.00. The van der Waals surface area contributed by atoms with Crippen LogP contribution in [0.15, 0.2) is 47.1 Å². The van der Waals surface area contributed by atoms with Crippen molar-refractivity contribution in [2.45, 2.75) is 31.8 Å². The normalized spacial score (nSPS) is 17.5. The van der Waals surface area contributed by atoms with E-state index in [1.807, 2.05) is 48.2 Å². The van der Waals surface area contributed by atoms with Crippen LogP contribution in [0.5, 0.6) is 0 Å². The van der Waals surface area contributed by atoms with Crippen molar-refractivity contribution in [2.24, 2.45) is 0 Å². The monoisotopic (exact) mass is 314 g/mol. The lowest BCUT2D eigenvalue weighted by atomic mass is 10.1. The quantitative estimate of drug-likeness (QED) is 0.860. The predicted octanol–water partition coefficient (Wildman–Crippen LogP) is 2.79. The number of carbonyl (C=O) groups excluding carboxylic acids is 1. The number of carbonyl (C=O) groups is 1. The average molecular weight is 314 g/mol. The molecule has 0 saturated carbocycles. The average Bonchev–Trinajstić information content (AvgIpc) is 3.24. The molecule has 0 aliphatic carbocycles. The van der Waals surface area contributed by atoms with Crippen LogP contribution in [0.3, 0.4) is 0 Å². The molecule has 23 heavy (non-hydrogen) atoms. The number of nitrogens with zero attached hydrogens (tertiary/aromatic N) is 1. The Labute approximate surface area is 135 Å². The molecule has 5 nitrogen and oxygen atoms in total. The number of rotatable bonds is 6. The number of benzene rings is 1. The molecule has 3 rings (SSSR count). The molecular formula is C18H22N2O3. The minimum absolute atomic E-state index is 0.0231. The zero-order valence-corrected chi connectivity index (χ0v) is 13.2. The molecule has 0 bridgehead atoms. The zero-order chi connectivity index (χ0) is 16.2. The van der Waals surface area contributed by atoms with E-state index in [1.54, 1.807) is 6.26 Å². The molecule has 122 valence electrons. The lowest BCUT2D eigenvalue weighted by Crippen LogP contribution is -2.27. The van der Waals surface area contributed by atoms with Gasteiger partial charge in [0, 0.05) is 24.7 Å². The number of hydrogen-bond donors (Lipinski definition) is 2. The summed E-state index contributed by atoms with van der Waals surface area (Å²) < 4.78 is 5.37. The summed E-state index contributed by atoms with van der Waals surface area (Å²) in [5.41, 5.74) is 2.02. The molecule has 2 aromatic rings. The van der Waals surface area contributed by atoms with Crippen LogP contribution in [-0.4, -0.2) is 24.2 Å².